The maximum atomic E-state index is 11.0. The normalized spacial score (nSPS) is 18.9. The Morgan fingerprint density at radius 1 is 1.62 bits per heavy atom. The van der Waals surface area contributed by atoms with E-state index in [-0.39, 0.29) is 13.2 Å². The molecule has 1 aromatic carbocycles. The van der Waals surface area contributed by atoms with Gasteiger partial charge in [-0.05, 0) is 18.2 Å². The average molecular weight is 244 g/mol. The van der Waals surface area contributed by atoms with Crippen molar-refractivity contribution in [2.24, 2.45) is 0 Å². The number of carbonyl (C=O) groups is 1. The molecule has 1 aromatic rings. The Balaban J connectivity index is 2.42. The highest BCUT2D eigenvalue weighted by molar-refractivity contribution is 6.31. The van der Waals surface area contributed by atoms with Crippen molar-refractivity contribution in [3.63, 3.8) is 0 Å². The maximum Gasteiger partial charge on any atom is 0.412 e. The molecule has 0 radical (unpaired) electrons. The minimum atomic E-state index is -1.09. The molecule has 6 heteroatoms. The van der Waals surface area contributed by atoms with Gasteiger partial charge in [0.25, 0.3) is 0 Å². The second-order valence-corrected chi connectivity index (χ2v) is 3.86. The summed E-state index contributed by atoms with van der Waals surface area (Å²) < 4.78 is 5.40. The van der Waals surface area contributed by atoms with E-state index in [1.807, 2.05) is 0 Å². The topological polar surface area (TPSA) is 70.0 Å². The zero-order chi connectivity index (χ0) is 11.7. The number of benzene rings is 1. The number of halogens is 1. The van der Waals surface area contributed by atoms with Gasteiger partial charge >= 0.3 is 6.09 Å². The molecular weight excluding hydrogens is 234 g/mol. The zero-order valence-electron chi connectivity index (χ0n) is 8.26. The van der Waals surface area contributed by atoms with Gasteiger partial charge in [-0.3, -0.25) is 4.90 Å². The number of hydrogen-bond donors (Lipinski definition) is 2. The molecule has 1 aliphatic rings. The van der Waals surface area contributed by atoms with Gasteiger partial charge in [0.2, 0.25) is 0 Å². The predicted molar refractivity (Wildman–Crippen MR) is 58.3 cm³/mol. The Labute approximate surface area is 96.8 Å². The molecular formula is C10H10ClNO4. The van der Waals surface area contributed by atoms with Gasteiger partial charge in [0, 0.05) is 5.02 Å². The standard InChI is InChI=1S/C10H10ClNO4/c11-6-1-2-9-8(3-6)12(10(14)15)4-7(5-13)16-9/h1-3,7,13H,4-5H2,(H,14,15)/t7-/m1/s1. The van der Waals surface area contributed by atoms with Crippen LogP contribution < -0.4 is 9.64 Å². The lowest BCUT2D eigenvalue weighted by Crippen LogP contribution is -2.44. The largest absolute Gasteiger partial charge is 0.484 e. The SMILES string of the molecule is O=C(O)N1C[C@H](CO)Oc2ccc(Cl)cc21. The number of amides is 1. The molecule has 0 bridgehead atoms. The minimum Gasteiger partial charge on any atom is -0.484 e. The molecule has 0 spiro atoms. The van der Waals surface area contributed by atoms with E-state index in [2.05, 4.69) is 0 Å². The van der Waals surface area contributed by atoms with Gasteiger partial charge in [0.05, 0.1) is 18.8 Å². The first-order valence-corrected chi connectivity index (χ1v) is 5.07. The molecule has 5 nitrogen and oxygen atoms in total. The van der Waals surface area contributed by atoms with Crippen LogP contribution in [0.3, 0.4) is 0 Å². The summed E-state index contributed by atoms with van der Waals surface area (Å²) in [5.41, 5.74) is 0.407. The summed E-state index contributed by atoms with van der Waals surface area (Å²) in [6.07, 6.45) is -1.63. The molecule has 86 valence electrons. The number of fused-ring (bicyclic) bond motifs is 1. The van der Waals surface area contributed by atoms with Gasteiger partial charge in [-0.2, -0.15) is 0 Å². The van der Waals surface area contributed by atoms with Crippen LogP contribution in [0.15, 0.2) is 18.2 Å². The number of carboxylic acid groups (broad SMARTS) is 1. The minimum absolute atomic E-state index is 0.0964. The van der Waals surface area contributed by atoms with E-state index >= 15 is 0 Å². The molecule has 1 heterocycles. The van der Waals surface area contributed by atoms with Crippen LogP contribution in [0.25, 0.3) is 0 Å². The van der Waals surface area contributed by atoms with Crippen LogP contribution in [0.1, 0.15) is 0 Å². The van der Waals surface area contributed by atoms with E-state index < -0.39 is 12.2 Å². The van der Waals surface area contributed by atoms with E-state index in [1.54, 1.807) is 12.1 Å². The highest BCUT2D eigenvalue weighted by atomic mass is 35.5. The Morgan fingerprint density at radius 3 is 3.00 bits per heavy atom. The zero-order valence-corrected chi connectivity index (χ0v) is 9.02. The molecule has 0 unspecified atom stereocenters. The van der Waals surface area contributed by atoms with Gasteiger partial charge in [0.15, 0.2) is 0 Å². The summed E-state index contributed by atoms with van der Waals surface area (Å²) >= 11 is 5.79. The molecule has 1 aliphatic heterocycles. The molecule has 1 amide bonds. The second kappa shape index (κ2) is 4.19. The number of hydrogen-bond acceptors (Lipinski definition) is 3. The van der Waals surface area contributed by atoms with Crippen molar-refractivity contribution in [3.05, 3.63) is 23.2 Å². The monoisotopic (exact) mass is 243 g/mol. The van der Waals surface area contributed by atoms with Crippen molar-refractivity contribution in [1.82, 2.24) is 0 Å². The van der Waals surface area contributed by atoms with Gasteiger partial charge in [0.1, 0.15) is 11.9 Å². The third kappa shape index (κ3) is 1.91. The van der Waals surface area contributed by atoms with Crippen molar-refractivity contribution >= 4 is 23.4 Å². The number of anilines is 1. The van der Waals surface area contributed by atoms with E-state index in [0.29, 0.717) is 16.5 Å². The van der Waals surface area contributed by atoms with Crippen LogP contribution in [0.2, 0.25) is 5.02 Å². The van der Waals surface area contributed by atoms with Crippen LogP contribution in [-0.2, 0) is 0 Å². The Hall–Kier alpha value is -1.46. The van der Waals surface area contributed by atoms with E-state index in [9.17, 15) is 4.79 Å². The number of ether oxygens (including phenoxy) is 1. The molecule has 2 N–H and O–H groups in total. The quantitative estimate of drug-likeness (QED) is 0.786. The average Bonchev–Trinajstić information content (AvgIpc) is 2.27. The van der Waals surface area contributed by atoms with E-state index in [1.165, 1.54) is 6.07 Å². The fourth-order valence-electron chi connectivity index (χ4n) is 1.60. The second-order valence-electron chi connectivity index (χ2n) is 3.43. The van der Waals surface area contributed by atoms with Crippen LogP contribution in [-0.4, -0.2) is 35.6 Å². The Kier molecular flexibility index (Phi) is 2.89. The van der Waals surface area contributed by atoms with Crippen molar-refractivity contribution in [3.8, 4) is 5.75 Å². The molecule has 16 heavy (non-hydrogen) atoms. The summed E-state index contributed by atoms with van der Waals surface area (Å²) in [6, 6.07) is 4.73. The summed E-state index contributed by atoms with van der Waals surface area (Å²) in [5.74, 6) is 0.414. The fourth-order valence-corrected chi connectivity index (χ4v) is 1.76. The lowest BCUT2D eigenvalue weighted by atomic mass is 10.2. The van der Waals surface area contributed by atoms with Crippen molar-refractivity contribution in [2.75, 3.05) is 18.1 Å². The van der Waals surface area contributed by atoms with Crippen LogP contribution in [0.5, 0.6) is 5.75 Å². The summed E-state index contributed by atoms with van der Waals surface area (Å²) in [7, 11) is 0. The number of aliphatic hydroxyl groups excluding tert-OH is 1. The van der Waals surface area contributed by atoms with Crippen LogP contribution in [0.4, 0.5) is 10.5 Å². The van der Waals surface area contributed by atoms with Crippen molar-refractivity contribution in [2.45, 2.75) is 6.10 Å². The van der Waals surface area contributed by atoms with Gasteiger partial charge in [-0.25, -0.2) is 4.79 Å². The first kappa shape index (κ1) is 11.0. The third-order valence-electron chi connectivity index (χ3n) is 2.33. The molecule has 0 aromatic heterocycles. The number of rotatable bonds is 1. The van der Waals surface area contributed by atoms with E-state index in [4.69, 9.17) is 26.6 Å². The molecule has 2 rings (SSSR count). The molecule has 0 saturated carbocycles. The van der Waals surface area contributed by atoms with Crippen molar-refractivity contribution < 1.29 is 19.7 Å². The first-order valence-electron chi connectivity index (χ1n) is 4.69. The number of aliphatic hydroxyl groups is 1. The fraction of sp³-hybridized carbons (Fsp3) is 0.300. The molecule has 0 aliphatic carbocycles. The maximum absolute atomic E-state index is 11.0. The third-order valence-corrected chi connectivity index (χ3v) is 2.56. The summed E-state index contributed by atoms with van der Waals surface area (Å²) in [4.78, 5) is 12.2. The smallest absolute Gasteiger partial charge is 0.412 e. The Bertz CT molecular complexity index is 423. The van der Waals surface area contributed by atoms with Crippen LogP contribution >= 0.6 is 11.6 Å². The highest BCUT2D eigenvalue weighted by Crippen LogP contribution is 2.35. The lowest BCUT2D eigenvalue weighted by Gasteiger charge is -2.32. The number of nitrogens with zero attached hydrogens (tertiary/aromatic N) is 1. The predicted octanol–water partition coefficient (Wildman–Crippen LogP) is 1.58. The van der Waals surface area contributed by atoms with E-state index in [0.717, 1.165) is 4.90 Å². The molecule has 1 atom stereocenters. The lowest BCUT2D eigenvalue weighted by molar-refractivity contribution is 0.110. The van der Waals surface area contributed by atoms with Gasteiger partial charge < -0.3 is 14.9 Å². The van der Waals surface area contributed by atoms with Crippen LogP contribution in [0, 0.1) is 0 Å². The molecule has 0 saturated heterocycles. The van der Waals surface area contributed by atoms with Crippen molar-refractivity contribution in [1.29, 1.82) is 0 Å². The highest BCUT2D eigenvalue weighted by Gasteiger charge is 2.29. The summed E-state index contributed by atoms with van der Waals surface area (Å²) in [6.45, 7) is -0.134. The summed E-state index contributed by atoms with van der Waals surface area (Å²) in [5, 5.41) is 18.5. The van der Waals surface area contributed by atoms with Gasteiger partial charge in [-0.15, -0.1) is 0 Å². The molecule has 0 fully saturated rings. The first-order chi connectivity index (χ1) is 7.61. The Morgan fingerprint density at radius 2 is 2.38 bits per heavy atom. The van der Waals surface area contributed by atoms with Gasteiger partial charge in [-0.1, -0.05) is 11.6 Å².